The normalized spacial score (nSPS) is 10.9. The second-order valence-electron chi connectivity index (χ2n) is 4.94. The third-order valence-corrected chi connectivity index (χ3v) is 3.32. The molecule has 1 aromatic heterocycles. The number of aromatic nitrogens is 1. The van der Waals surface area contributed by atoms with Crippen molar-refractivity contribution in [2.24, 2.45) is 5.73 Å². The van der Waals surface area contributed by atoms with E-state index in [1.807, 2.05) is 0 Å². The van der Waals surface area contributed by atoms with Crippen LogP contribution in [0.25, 0.3) is 0 Å². The first kappa shape index (κ1) is 14.3. The Kier molecular flexibility index (Phi) is 7.81. The molecule has 0 spiro atoms. The molecule has 1 heterocycles. The quantitative estimate of drug-likeness (QED) is 0.609. The lowest BCUT2D eigenvalue weighted by Gasteiger charge is -2.03. The zero-order valence-corrected chi connectivity index (χ0v) is 11.3. The summed E-state index contributed by atoms with van der Waals surface area (Å²) in [5.41, 5.74) is 6.82. The summed E-state index contributed by atoms with van der Waals surface area (Å²) >= 11 is 0. The summed E-state index contributed by atoms with van der Waals surface area (Å²) < 4.78 is 2.26. The molecule has 0 aromatic carbocycles. The van der Waals surface area contributed by atoms with Gasteiger partial charge in [0, 0.05) is 25.5 Å². The van der Waals surface area contributed by atoms with Crippen molar-refractivity contribution < 1.29 is 0 Å². The predicted molar refractivity (Wildman–Crippen MR) is 74.9 cm³/mol. The summed E-state index contributed by atoms with van der Waals surface area (Å²) in [7, 11) is 0. The zero-order valence-electron chi connectivity index (χ0n) is 11.3. The van der Waals surface area contributed by atoms with Crippen LogP contribution in [0.3, 0.4) is 0 Å². The van der Waals surface area contributed by atoms with Crippen molar-refractivity contribution in [2.75, 3.05) is 0 Å². The molecule has 0 aliphatic rings. The van der Waals surface area contributed by atoms with Crippen LogP contribution in [0, 0.1) is 0 Å². The van der Waals surface area contributed by atoms with Crippen LogP contribution < -0.4 is 5.73 Å². The van der Waals surface area contributed by atoms with Crippen molar-refractivity contribution in [1.82, 2.24) is 4.57 Å². The molecular weight excluding hydrogens is 208 g/mol. The van der Waals surface area contributed by atoms with Gasteiger partial charge in [0.25, 0.3) is 0 Å². The van der Waals surface area contributed by atoms with Gasteiger partial charge in [-0.05, 0) is 18.1 Å². The minimum atomic E-state index is 0.657. The van der Waals surface area contributed by atoms with E-state index in [0.717, 1.165) is 6.54 Å². The summed E-state index contributed by atoms with van der Waals surface area (Å²) in [5, 5.41) is 0. The Hall–Kier alpha value is -0.760. The molecule has 0 bridgehead atoms. The molecule has 0 radical (unpaired) electrons. The molecule has 0 atom stereocenters. The van der Waals surface area contributed by atoms with Crippen LogP contribution in [0.1, 0.15) is 63.9 Å². The maximum atomic E-state index is 5.58. The third kappa shape index (κ3) is 6.52. The molecule has 2 nitrogen and oxygen atoms in total. The topological polar surface area (TPSA) is 30.9 Å². The van der Waals surface area contributed by atoms with Crippen molar-refractivity contribution in [2.45, 2.75) is 71.4 Å². The van der Waals surface area contributed by atoms with Crippen molar-refractivity contribution in [3.05, 3.63) is 24.0 Å². The fraction of sp³-hybridized carbons (Fsp3) is 0.733. The second kappa shape index (κ2) is 9.29. The highest BCUT2D eigenvalue weighted by Crippen LogP contribution is 2.09. The van der Waals surface area contributed by atoms with Crippen LogP contribution in [0.2, 0.25) is 0 Å². The van der Waals surface area contributed by atoms with Crippen molar-refractivity contribution in [1.29, 1.82) is 0 Å². The van der Waals surface area contributed by atoms with E-state index in [2.05, 4.69) is 30.0 Å². The van der Waals surface area contributed by atoms with Gasteiger partial charge in [0.05, 0.1) is 0 Å². The lowest BCUT2D eigenvalue weighted by Crippen LogP contribution is -1.96. The largest absolute Gasteiger partial charge is 0.354 e. The molecule has 2 N–H and O–H groups in total. The first-order chi connectivity index (χ1) is 8.36. The Morgan fingerprint density at radius 1 is 1.00 bits per heavy atom. The molecule has 0 aliphatic heterocycles. The molecule has 0 saturated heterocycles. The van der Waals surface area contributed by atoms with E-state index in [0.29, 0.717) is 6.54 Å². The molecule has 0 amide bonds. The summed E-state index contributed by atoms with van der Waals surface area (Å²) in [6.07, 6.45) is 15.4. The highest BCUT2D eigenvalue weighted by Gasteiger charge is 1.95. The molecule has 0 aliphatic carbocycles. The fourth-order valence-electron chi connectivity index (χ4n) is 2.18. The Balaban J connectivity index is 1.93. The van der Waals surface area contributed by atoms with Gasteiger partial charge in [-0.3, -0.25) is 0 Å². The summed E-state index contributed by atoms with van der Waals surface area (Å²) in [6.45, 7) is 4.08. The third-order valence-electron chi connectivity index (χ3n) is 3.32. The number of nitrogens with two attached hydrogens (primary N) is 1. The van der Waals surface area contributed by atoms with Crippen molar-refractivity contribution in [3.8, 4) is 0 Å². The smallest absolute Gasteiger partial charge is 0.0219 e. The lowest BCUT2D eigenvalue weighted by atomic mass is 10.1. The van der Waals surface area contributed by atoms with Gasteiger partial charge in [0.1, 0.15) is 0 Å². The first-order valence-corrected chi connectivity index (χ1v) is 7.21. The number of unbranched alkanes of at least 4 members (excludes halogenated alkanes) is 7. The average molecular weight is 236 g/mol. The van der Waals surface area contributed by atoms with Crippen LogP contribution in [0.4, 0.5) is 0 Å². The van der Waals surface area contributed by atoms with E-state index in [4.69, 9.17) is 5.73 Å². The number of hydrogen-bond donors (Lipinski definition) is 1. The van der Waals surface area contributed by atoms with Gasteiger partial charge in [-0.15, -0.1) is 0 Å². The Bertz CT molecular complexity index is 278. The molecule has 0 fully saturated rings. The maximum Gasteiger partial charge on any atom is 0.0219 e. The van der Waals surface area contributed by atoms with E-state index in [9.17, 15) is 0 Å². The summed E-state index contributed by atoms with van der Waals surface area (Å²) in [5.74, 6) is 0. The van der Waals surface area contributed by atoms with Crippen LogP contribution in [-0.4, -0.2) is 4.57 Å². The molecule has 0 saturated carbocycles. The van der Waals surface area contributed by atoms with Gasteiger partial charge in [-0.25, -0.2) is 0 Å². The molecular formula is C15H28N2. The van der Waals surface area contributed by atoms with E-state index >= 15 is 0 Å². The predicted octanol–water partition coefficient (Wildman–Crippen LogP) is 4.09. The Morgan fingerprint density at radius 3 is 2.24 bits per heavy atom. The van der Waals surface area contributed by atoms with Gasteiger partial charge in [-0.2, -0.15) is 0 Å². The molecule has 1 rings (SSSR count). The molecule has 1 aromatic rings. The van der Waals surface area contributed by atoms with Crippen LogP contribution in [0.15, 0.2) is 18.5 Å². The summed E-state index contributed by atoms with van der Waals surface area (Å²) in [4.78, 5) is 0. The minimum absolute atomic E-state index is 0.657. The SMILES string of the molecule is CCCCCCCCCCn1ccc(CN)c1. The second-order valence-corrected chi connectivity index (χ2v) is 4.94. The van der Waals surface area contributed by atoms with Gasteiger partial charge >= 0.3 is 0 Å². The van der Waals surface area contributed by atoms with Crippen LogP contribution in [-0.2, 0) is 13.1 Å². The highest BCUT2D eigenvalue weighted by molar-refractivity contribution is 5.09. The van der Waals surface area contributed by atoms with Gasteiger partial charge in [-0.1, -0.05) is 51.9 Å². The Morgan fingerprint density at radius 2 is 1.65 bits per heavy atom. The molecule has 2 heteroatoms. The minimum Gasteiger partial charge on any atom is -0.354 e. The Labute approximate surface area is 106 Å². The number of nitrogens with zero attached hydrogens (tertiary/aromatic N) is 1. The monoisotopic (exact) mass is 236 g/mol. The first-order valence-electron chi connectivity index (χ1n) is 7.21. The zero-order chi connectivity index (χ0) is 12.3. The molecule has 17 heavy (non-hydrogen) atoms. The number of hydrogen-bond acceptors (Lipinski definition) is 1. The van der Waals surface area contributed by atoms with Gasteiger partial charge in [0.15, 0.2) is 0 Å². The van der Waals surface area contributed by atoms with E-state index in [1.165, 1.54) is 56.9 Å². The van der Waals surface area contributed by atoms with Gasteiger partial charge in [0.2, 0.25) is 0 Å². The van der Waals surface area contributed by atoms with Gasteiger partial charge < -0.3 is 10.3 Å². The summed E-state index contributed by atoms with van der Waals surface area (Å²) in [6, 6.07) is 2.12. The molecule has 0 unspecified atom stereocenters. The van der Waals surface area contributed by atoms with Crippen LogP contribution >= 0.6 is 0 Å². The molecule has 98 valence electrons. The highest BCUT2D eigenvalue weighted by atomic mass is 14.9. The van der Waals surface area contributed by atoms with E-state index in [-0.39, 0.29) is 0 Å². The van der Waals surface area contributed by atoms with Crippen molar-refractivity contribution >= 4 is 0 Å². The average Bonchev–Trinajstić information content (AvgIpc) is 2.80. The number of rotatable bonds is 10. The van der Waals surface area contributed by atoms with Crippen molar-refractivity contribution in [3.63, 3.8) is 0 Å². The van der Waals surface area contributed by atoms with E-state index in [1.54, 1.807) is 0 Å². The fourth-order valence-corrected chi connectivity index (χ4v) is 2.18. The lowest BCUT2D eigenvalue weighted by molar-refractivity contribution is 0.544. The maximum absolute atomic E-state index is 5.58. The van der Waals surface area contributed by atoms with Crippen LogP contribution in [0.5, 0.6) is 0 Å². The number of aryl methyl sites for hydroxylation is 1. The van der Waals surface area contributed by atoms with E-state index < -0.39 is 0 Å². The standard InChI is InChI=1S/C15H28N2/c1-2-3-4-5-6-7-8-9-11-17-12-10-15(13-16)14-17/h10,12,14H,2-9,11,13,16H2,1H3.